The lowest BCUT2D eigenvalue weighted by Gasteiger charge is -2.35. The van der Waals surface area contributed by atoms with Crippen LogP contribution in [0.2, 0.25) is 0 Å². The van der Waals surface area contributed by atoms with E-state index < -0.39 is 0 Å². The molecule has 1 aliphatic heterocycles. The van der Waals surface area contributed by atoms with Crippen LogP contribution in [0.5, 0.6) is 0 Å². The van der Waals surface area contributed by atoms with Crippen molar-refractivity contribution in [2.75, 3.05) is 24.5 Å². The molecule has 0 saturated carbocycles. The minimum atomic E-state index is 0.540. The first-order valence-corrected chi connectivity index (χ1v) is 5.94. The standard InChI is InChI=1S/C12H20N4/c1-9(2)11-8-16(5-4-13-11)12-14-6-10(3)7-15-12/h6-7,9,11,13H,4-5,8H2,1-3H3/t11-/m1/s1. The van der Waals surface area contributed by atoms with Crippen LogP contribution in [0.3, 0.4) is 0 Å². The van der Waals surface area contributed by atoms with E-state index in [9.17, 15) is 0 Å². The number of hydrogen-bond acceptors (Lipinski definition) is 4. The Morgan fingerprint density at radius 3 is 2.69 bits per heavy atom. The van der Waals surface area contributed by atoms with Crippen molar-refractivity contribution in [3.05, 3.63) is 18.0 Å². The van der Waals surface area contributed by atoms with E-state index in [2.05, 4.69) is 34.0 Å². The largest absolute Gasteiger partial charge is 0.338 e. The van der Waals surface area contributed by atoms with Crippen molar-refractivity contribution in [3.8, 4) is 0 Å². The molecule has 1 atom stereocenters. The van der Waals surface area contributed by atoms with Crippen molar-refractivity contribution in [3.63, 3.8) is 0 Å². The van der Waals surface area contributed by atoms with Gasteiger partial charge in [-0.25, -0.2) is 9.97 Å². The molecule has 1 saturated heterocycles. The summed E-state index contributed by atoms with van der Waals surface area (Å²) in [5, 5.41) is 3.53. The van der Waals surface area contributed by atoms with E-state index in [-0.39, 0.29) is 0 Å². The van der Waals surface area contributed by atoms with Gasteiger partial charge in [-0.05, 0) is 18.4 Å². The normalized spacial score (nSPS) is 21.5. The Hall–Kier alpha value is -1.16. The summed E-state index contributed by atoms with van der Waals surface area (Å²) in [6.07, 6.45) is 3.77. The van der Waals surface area contributed by atoms with Gasteiger partial charge in [0.15, 0.2) is 0 Å². The second-order valence-electron chi connectivity index (χ2n) is 4.81. The highest BCUT2D eigenvalue weighted by atomic mass is 15.3. The smallest absolute Gasteiger partial charge is 0.225 e. The van der Waals surface area contributed by atoms with Gasteiger partial charge in [-0.1, -0.05) is 13.8 Å². The molecule has 1 fully saturated rings. The number of rotatable bonds is 2. The fraction of sp³-hybridized carbons (Fsp3) is 0.667. The molecule has 88 valence electrons. The Balaban J connectivity index is 2.06. The molecule has 2 rings (SSSR count). The van der Waals surface area contributed by atoms with Gasteiger partial charge >= 0.3 is 0 Å². The Bertz CT molecular complexity index is 333. The number of anilines is 1. The summed E-state index contributed by atoms with van der Waals surface area (Å²) >= 11 is 0. The maximum Gasteiger partial charge on any atom is 0.225 e. The molecule has 0 spiro atoms. The SMILES string of the molecule is Cc1cnc(N2CCN[C@@H](C(C)C)C2)nc1. The van der Waals surface area contributed by atoms with Crippen molar-refractivity contribution >= 4 is 5.95 Å². The van der Waals surface area contributed by atoms with Gasteiger partial charge < -0.3 is 10.2 Å². The number of aryl methyl sites for hydroxylation is 1. The molecular formula is C12H20N4. The van der Waals surface area contributed by atoms with Crippen LogP contribution in [-0.2, 0) is 0 Å². The molecule has 1 aliphatic rings. The quantitative estimate of drug-likeness (QED) is 0.813. The second-order valence-corrected chi connectivity index (χ2v) is 4.81. The molecule has 0 aromatic carbocycles. The maximum atomic E-state index is 4.38. The van der Waals surface area contributed by atoms with E-state index in [0.717, 1.165) is 31.1 Å². The monoisotopic (exact) mass is 220 g/mol. The number of aromatic nitrogens is 2. The fourth-order valence-electron chi connectivity index (χ4n) is 1.96. The van der Waals surface area contributed by atoms with E-state index in [4.69, 9.17) is 0 Å². The molecule has 0 aliphatic carbocycles. The zero-order valence-corrected chi connectivity index (χ0v) is 10.3. The second kappa shape index (κ2) is 4.78. The van der Waals surface area contributed by atoms with E-state index in [1.54, 1.807) is 0 Å². The van der Waals surface area contributed by atoms with Gasteiger partial charge in [-0.3, -0.25) is 0 Å². The zero-order chi connectivity index (χ0) is 11.5. The minimum absolute atomic E-state index is 0.540. The molecular weight excluding hydrogens is 200 g/mol. The van der Waals surface area contributed by atoms with Crippen molar-refractivity contribution in [1.29, 1.82) is 0 Å². The van der Waals surface area contributed by atoms with Crippen molar-refractivity contribution in [2.45, 2.75) is 26.8 Å². The summed E-state index contributed by atoms with van der Waals surface area (Å²) < 4.78 is 0. The number of hydrogen-bond donors (Lipinski definition) is 1. The third-order valence-corrected chi connectivity index (χ3v) is 3.06. The van der Waals surface area contributed by atoms with Gasteiger partial charge in [-0.15, -0.1) is 0 Å². The van der Waals surface area contributed by atoms with E-state index >= 15 is 0 Å². The summed E-state index contributed by atoms with van der Waals surface area (Å²) in [7, 11) is 0. The van der Waals surface area contributed by atoms with Gasteiger partial charge in [0.25, 0.3) is 0 Å². The molecule has 16 heavy (non-hydrogen) atoms. The highest BCUT2D eigenvalue weighted by Gasteiger charge is 2.22. The number of nitrogens with one attached hydrogen (secondary N) is 1. The molecule has 1 N–H and O–H groups in total. The van der Waals surface area contributed by atoms with Crippen molar-refractivity contribution < 1.29 is 0 Å². The van der Waals surface area contributed by atoms with Crippen LogP contribution in [0.25, 0.3) is 0 Å². The van der Waals surface area contributed by atoms with Gasteiger partial charge in [0.05, 0.1) is 0 Å². The summed E-state index contributed by atoms with van der Waals surface area (Å²) in [4.78, 5) is 11.0. The van der Waals surface area contributed by atoms with Gasteiger partial charge in [-0.2, -0.15) is 0 Å². The third-order valence-electron chi connectivity index (χ3n) is 3.06. The van der Waals surface area contributed by atoms with Crippen molar-refractivity contribution in [2.24, 2.45) is 5.92 Å². The van der Waals surface area contributed by atoms with Crippen LogP contribution < -0.4 is 10.2 Å². The molecule has 4 nitrogen and oxygen atoms in total. The first kappa shape index (κ1) is 11.3. The van der Waals surface area contributed by atoms with Gasteiger partial charge in [0.2, 0.25) is 5.95 Å². The van der Waals surface area contributed by atoms with Gasteiger partial charge in [0, 0.05) is 38.1 Å². The summed E-state index contributed by atoms with van der Waals surface area (Å²) in [6.45, 7) is 9.51. The minimum Gasteiger partial charge on any atom is -0.338 e. The molecule has 4 heteroatoms. The predicted molar refractivity (Wildman–Crippen MR) is 65.6 cm³/mol. The molecule has 2 heterocycles. The lowest BCUT2D eigenvalue weighted by Crippen LogP contribution is -2.53. The molecule has 1 aromatic heterocycles. The van der Waals surface area contributed by atoms with Crippen LogP contribution >= 0.6 is 0 Å². The van der Waals surface area contributed by atoms with Crippen molar-refractivity contribution in [1.82, 2.24) is 15.3 Å². The highest BCUT2D eigenvalue weighted by molar-refractivity contribution is 5.31. The lowest BCUT2D eigenvalue weighted by atomic mass is 10.0. The molecule has 0 bridgehead atoms. The van der Waals surface area contributed by atoms with Crippen LogP contribution in [0.15, 0.2) is 12.4 Å². The summed E-state index contributed by atoms with van der Waals surface area (Å²) in [5.41, 5.74) is 1.11. The Morgan fingerprint density at radius 2 is 2.06 bits per heavy atom. The Labute approximate surface area is 97.1 Å². The molecule has 1 aromatic rings. The molecule has 0 unspecified atom stereocenters. The van der Waals surface area contributed by atoms with Crippen LogP contribution in [0.4, 0.5) is 5.95 Å². The zero-order valence-electron chi connectivity index (χ0n) is 10.3. The van der Waals surface area contributed by atoms with E-state index in [1.165, 1.54) is 0 Å². The van der Waals surface area contributed by atoms with Crippen LogP contribution in [-0.4, -0.2) is 35.6 Å². The summed E-state index contributed by atoms with van der Waals surface area (Å²) in [6, 6.07) is 0.540. The Morgan fingerprint density at radius 1 is 1.38 bits per heavy atom. The number of piperazine rings is 1. The lowest BCUT2D eigenvalue weighted by molar-refractivity contribution is 0.366. The topological polar surface area (TPSA) is 41.1 Å². The van der Waals surface area contributed by atoms with E-state index in [0.29, 0.717) is 12.0 Å². The Kier molecular flexibility index (Phi) is 3.39. The molecule has 0 amide bonds. The highest BCUT2D eigenvalue weighted by Crippen LogP contribution is 2.13. The predicted octanol–water partition coefficient (Wildman–Crippen LogP) is 1.22. The first-order valence-electron chi connectivity index (χ1n) is 5.94. The number of nitrogens with zero attached hydrogens (tertiary/aromatic N) is 3. The average molecular weight is 220 g/mol. The first-order chi connectivity index (χ1) is 7.66. The third kappa shape index (κ3) is 2.50. The van der Waals surface area contributed by atoms with E-state index in [1.807, 2.05) is 19.3 Å². The van der Waals surface area contributed by atoms with Crippen LogP contribution in [0, 0.1) is 12.8 Å². The maximum absolute atomic E-state index is 4.38. The van der Waals surface area contributed by atoms with Gasteiger partial charge in [0.1, 0.15) is 0 Å². The average Bonchev–Trinajstić information content (AvgIpc) is 2.30. The molecule has 0 radical (unpaired) electrons. The fourth-order valence-corrected chi connectivity index (χ4v) is 1.96. The van der Waals surface area contributed by atoms with Crippen LogP contribution in [0.1, 0.15) is 19.4 Å². The summed E-state index contributed by atoms with van der Waals surface area (Å²) in [5.74, 6) is 1.51.